The number of allylic oxidation sites excluding steroid dienone is 3. The summed E-state index contributed by atoms with van der Waals surface area (Å²) in [5.74, 6) is -0.159. The second kappa shape index (κ2) is 8.32. The van der Waals surface area contributed by atoms with E-state index in [9.17, 15) is 4.79 Å². The van der Waals surface area contributed by atoms with Crippen molar-refractivity contribution < 1.29 is 4.79 Å². The predicted octanol–water partition coefficient (Wildman–Crippen LogP) is 4.73. The van der Waals surface area contributed by atoms with E-state index in [2.05, 4.69) is 29.0 Å². The molecule has 0 aliphatic heterocycles. The Morgan fingerprint density at radius 2 is 1.96 bits per heavy atom. The summed E-state index contributed by atoms with van der Waals surface area (Å²) >= 11 is 0. The first-order valence-electron chi connectivity index (χ1n) is 8.89. The van der Waals surface area contributed by atoms with Crippen LogP contribution in [0.1, 0.15) is 23.1 Å². The fraction of sp³-hybridized carbons (Fsp3) is 0.130. The summed E-state index contributed by atoms with van der Waals surface area (Å²) in [6, 6.07) is 14.1. The highest BCUT2D eigenvalue weighted by Gasteiger charge is 2.16. The van der Waals surface area contributed by atoms with Gasteiger partial charge in [0, 0.05) is 12.7 Å². The number of hydrogen-bond acceptors (Lipinski definition) is 2. The van der Waals surface area contributed by atoms with Gasteiger partial charge in [-0.3, -0.25) is 9.20 Å². The lowest BCUT2D eigenvalue weighted by atomic mass is 10.1. The van der Waals surface area contributed by atoms with Gasteiger partial charge >= 0.3 is 0 Å². The van der Waals surface area contributed by atoms with E-state index >= 15 is 0 Å². The van der Waals surface area contributed by atoms with Crippen molar-refractivity contribution in [2.45, 2.75) is 13.8 Å². The van der Waals surface area contributed by atoms with E-state index < -0.39 is 0 Å². The van der Waals surface area contributed by atoms with Gasteiger partial charge in [-0.25, -0.2) is 4.98 Å². The lowest BCUT2D eigenvalue weighted by molar-refractivity contribution is 0.0951. The van der Waals surface area contributed by atoms with E-state index in [0.717, 1.165) is 22.3 Å². The number of hydrogen-bond donors (Lipinski definition) is 1. The van der Waals surface area contributed by atoms with Gasteiger partial charge in [0.1, 0.15) is 11.3 Å². The molecule has 0 spiro atoms. The third-order valence-electron chi connectivity index (χ3n) is 4.23. The Labute approximate surface area is 159 Å². The Hall–Kier alpha value is -3.40. The lowest BCUT2D eigenvalue weighted by Crippen LogP contribution is -2.27. The first-order valence-corrected chi connectivity index (χ1v) is 8.89. The predicted molar refractivity (Wildman–Crippen MR) is 111 cm³/mol. The highest BCUT2D eigenvalue weighted by Crippen LogP contribution is 2.22. The fourth-order valence-electron chi connectivity index (χ4n) is 2.89. The first-order chi connectivity index (χ1) is 13.1. The lowest BCUT2D eigenvalue weighted by Gasteiger charge is -2.07. The number of imidazole rings is 1. The number of amides is 1. The Balaban J connectivity index is 1.81. The number of fused-ring (bicyclic) bond motifs is 1. The molecule has 1 N–H and O–H groups in total. The molecular weight excluding hydrogens is 334 g/mol. The minimum Gasteiger partial charge on any atom is -0.347 e. The average Bonchev–Trinajstić information content (AvgIpc) is 3.02. The van der Waals surface area contributed by atoms with E-state index in [1.807, 2.05) is 79.1 Å². The number of nitrogens with zero attached hydrogens (tertiary/aromatic N) is 2. The summed E-state index contributed by atoms with van der Waals surface area (Å²) in [7, 11) is 0. The summed E-state index contributed by atoms with van der Waals surface area (Å²) in [5, 5.41) is 2.92. The third kappa shape index (κ3) is 4.23. The molecule has 3 aromatic rings. The highest BCUT2D eigenvalue weighted by atomic mass is 16.1. The van der Waals surface area contributed by atoms with E-state index in [0.29, 0.717) is 17.9 Å². The molecule has 3 rings (SSSR count). The van der Waals surface area contributed by atoms with E-state index in [4.69, 9.17) is 0 Å². The molecule has 4 heteroatoms. The SMILES string of the molecule is C=C(C=CC=CC)CNC(=O)c1c(C)nc2cc(-c3ccccc3)ccn12. The molecule has 27 heavy (non-hydrogen) atoms. The minimum absolute atomic E-state index is 0.159. The Morgan fingerprint density at radius 1 is 1.19 bits per heavy atom. The molecular formula is C23H23N3O. The molecule has 0 saturated heterocycles. The van der Waals surface area contributed by atoms with E-state index in [-0.39, 0.29) is 5.91 Å². The minimum atomic E-state index is -0.159. The maximum Gasteiger partial charge on any atom is 0.270 e. The first kappa shape index (κ1) is 18.4. The van der Waals surface area contributed by atoms with Crippen molar-refractivity contribution in [1.82, 2.24) is 14.7 Å². The summed E-state index contributed by atoms with van der Waals surface area (Å²) in [5.41, 5.74) is 5.03. The number of rotatable bonds is 6. The maximum absolute atomic E-state index is 12.7. The standard InChI is InChI=1S/C23H23N3O/c1-4-5-7-10-17(2)16-24-23(27)22-18(3)25-21-15-20(13-14-26(21)22)19-11-8-6-9-12-19/h4-15H,2,16H2,1,3H3,(H,24,27). The summed E-state index contributed by atoms with van der Waals surface area (Å²) < 4.78 is 1.83. The van der Waals surface area contributed by atoms with Gasteiger partial charge in [-0.05, 0) is 42.7 Å². The van der Waals surface area contributed by atoms with Crippen LogP contribution in [0.2, 0.25) is 0 Å². The van der Waals surface area contributed by atoms with Gasteiger partial charge in [0.15, 0.2) is 0 Å². The monoisotopic (exact) mass is 357 g/mol. The van der Waals surface area contributed by atoms with E-state index in [1.165, 1.54) is 0 Å². The molecule has 0 unspecified atom stereocenters. The van der Waals surface area contributed by atoms with Crippen LogP contribution in [-0.4, -0.2) is 21.8 Å². The summed E-state index contributed by atoms with van der Waals surface area (Å²) in [6.45, 7) is 8.14. The molecule has 2 aromatic heterocycles. The quantitative estimate of drug-likeness (QED) is 0.648. The molecule has 1 aromatic carbocycles. The Bertz CT molecular complexity index is 1030. The normalized spacial score (nSPS) is 11.5. The molecule has 0 atom stereocenters. The third-order valence-corrected chi connectivity index (χ3v) is 4.23. The molecule has 2 heterocycles. The van der Waals surface area contributed by atoms with Crippen LogP contribution >= 0.6 is 0 Å². The van der Waals surface area contributed by atoms with Crippen LogP contribution in [0.25, 0.3) is 16.8 Å². The van der Waals surface area contributed by atoms with Crippen molar-refractivity contribution in [1.29, 1.82) is 0 Å². The number of pyridine rings is 1. The smallest absolute Gasteiger partial charge is 0.270 e. The topological polar surface area (TPSA) is 46.4 Å². The van der Waals surface area contributed by atoms with Crippen LogP contribution < -0.4 is 5.32 Å². The van der Waals surface area contributed by atoms with Gasteiger partial charge in [-0.1, -0.05) is 61.2 Å². The molecule has 0 aliphatic rings. The zero-order chi connectivity index (χ0) is 19.2. The van der Waals surface area contributed by atoms with Crippen LogP contribution in [0.15, 0.2) is 85.1 Å². The average molecular weight is 357 g/mol. The number of aromatic nitrogens is 2. The van der Waals surface area contributed by atoms with Crippen LogP contribution in [0, 0.1) is 6.92 Å². The molecule has 0 radical (unpaired) electrons. The van der Waals surface area contributed by atoms with Crippen molar-refractivity contribution in [2.24, 2.45) is 0 Å². The van der Waals surface area contributed by atoms with Crippen LogP contribution in [-0.2, 0) is 0 Å². The van der Waals surface area contributed by atoms with Crippen molar-refractivity contribution >= 4 is 11.6 Å². The molecule has 4 nitrogen and oxygen atoms in total. The fourth-order valence-corrected chi connectivity index (χ4v) is 2.89. The van der Waals surface area contributed by atoms with Crippen molar-refractivity contribution in [3.63, 3.8) is 0 Å². The Kier molecular flexibility index (Phi) is 5.67. The second-order valence-electron chi connectivity index (χ2n) is 6.28. The number of carbonyl (C=O) groups excluding carboxylic acids is 1. The molecule has 0 fully saturated rings. The van der Waals surface area contributed by atoms with Gasteiger partial charge in [-0.15, -0.1) is 0 Å². The van der Waals surface area contributed by atoms with Crippen molar-refractivity contribution in [3.8, 4) is 11.1 Å². The van der Waals surface area contributed by atoms with Crippen molar-refractivity contribution in [2.75, 3.05) is 6.54 Å². The van der Waals surface area contributed by atoms with E-state index in [1.54, 1.807) is 0 Å². The number of aryl methyl sites for hydroxylation is 1. The summed E-state index contributed by atoms with van der Waals surface area (Å²) in [4.78, 5) is 17.2. The van der Waals surface area contributed by atoms with Crippen LogP contribution in [0.4, 0.5) is 0 Å². The second-order valence-corrected chi connectivity index (χ2v) is 6.28. The number of carbonyl (C=O) groups is 1. The van der Waals surface area contributed by atoms with Crippen LogP contribution in [0.3, 0.4) is 0 Å². The number of benzene rings is 1. The zero-order valence-corrected chi connectivity index (χ0v) is 15.6. The highest BCUT2D eigenvalue weighted by molar-refractivity contribution is 5.95. The van der Waals surface area contributed by atoms with Gasteiger partial charge < -0.3 is 5.32 Å². The van der Waals surface area contributed by atoms with Gasteiger partial charge in [0.05, 0.1) is 5.69 Å². The van der Waals surface area contributed by atoms with Gasteiger partial charge in [-0.2, -0.15) is 0 Å². The molecule has 0 bridgehead atoms. The number of nitrogens with one attached hydrogen (secondary N) is 1. The molecule has 0 saturated carbocycles. The summed E-state index contributed by atoms with van der Waals surface area (Å²) in [6.07, 6.45) is 9.54. The largest absolute Gasteiger partial charge is 0.347 e. The zero-order valence-electron chi connectivity index (χ0n) is 15.6. The Morgan fingerprint density at radius 3 is 2.70 bits per heavy atom. The molecule has 136 valence electrons. The molecule has 1 amide bonds. The van der Waals surface area contributed by atoms with Gasteiger partial charge in [0.2, 0.25) is 0 Å². The molecule has 0 aliphatic carbocycles. The van der Waals surface area contributed by atoms with Gasteiger partial charge in [0.25, 0.3) is 5.91 Å². The maximum atomic E-state index is 12.7. The van der Waals surface area contributed by atoms with Crippen molar-refractivity contribution in [3.05, 3.63) is 96.5 Å². The van der Waals surface area contributed by atoms with Crippen LogP contribution in [0.5, 0.6) is 0 Å².